The van der Waals surface area contributed by atoms with Crippen LogP contribution in [0.5, 0.6) is 0 Å². The van der Waals surface area contributed by atoms with E-state index in [0.29, 0.717) is 5.56 Å². The second kappa shape index (κ2) is 9.90. The Hall–Kier alpha value is -4.30. The second-order valence-corrected chi connectivity index (χ2v) is 8.76. The molecule has 0 fully saturated rings. The molecule has 4 aromatic rings. The van der Waals surface area contributed by atoms with Crippen LogP contribution in [-0.2, 0) is 12.8 Å². The van der Waals surface area contributed by atoms with Gasteiger partial charge in [-0.3, -0.25) is 10.1 Å². The molecule has 1 aliphatic heterocycles. The van der Waals surface area contributed by atoms with Gasteiger partial charge in [0, 0.05) is 17.2 Å². The van der Waals surface area contributed by atoms with Crippen molar-refractivity contribution in [3.63, 3.8) is 0 Å². The van der Waals surface area contributed by atoms with E-state index in [2.05, 4.69) is 56.4 Å². The molecular weight excluding hydrogens is 435 g/mol. The van der Waals surface area contributed by atoms with Gasteiger partial charge in [0.25, 0.3) is 7.05 Å². The second-order valence-electron chi connectivity index (χ2n) is 8.76. The van der Waals surface area contributed by atoms with Crippen LogP contribution in [0, 0.1) is 18.8 Å². The third kappa shape index (κ3) is 4.97. The summed E-state index contributed by atoms with van der Waals surface area (Å²) in [7, 11) is 1.71. The summed E-state index contributed by atoms with van der Waals surface area (Å²) in [5, 5.41) is 8.13. The summed E-state index contributed by atoms with van der Waals surface area (Å²) < 4.78 is 15.2. The summed E-state index contributed by atoms with van der Waals surface area (Å²) in [5.41, 5.74) is 7.73. The Morgan fingerprint density at radius 1 is 1.09 bits per heavy atom. The first-order valence-corrected chi connectivity index (χ1v) is 11.7. The lowest BCUT2D eigenvalue weighted by Gasteiger charge is -2.15. The van der Waals surface area contributed by atoms with E-state index in [1.807, 2.05) is 55.8 Å². The molecule has 4 nitrogen and oxygen atoms in total. The van der Waals surface area contributed by atoms with Gasteiger partial charge in [-0.25, -0.2) is 4.39 Å². The first-order valence-electron chi connectivity index (χ1n) is 11.7. The van der Waals surface area contributed by atoms with Gasteiger partial charge in [-0.1, -0.05) is 47.3 Å². The summed E-state index contributed by atoms with van der Waals surface area (Å²) in [6.45, 7) is 1.96. The fraction of sp³-hybridized carbons (Fsp3) is 0.167. The Morgan fingerprint density at radius 3 is 2.71 bits per heavy atom. The molecule has 0 amide bonds. The summed E-state index contributed by atoms with van der Waals surface area (Å²) >= 11 is 0. The molecule has 2 heterocycles. The highest BCUT2D eigenvalue weighted by atomic mass is 19.1. The normalized spacial score (nSPS) is 14.9. The Bertz CT molecular complexity index is 1510. The highest BCUT2D eigenvalue weighted by Gasteiger charge is 2.20. The Morgan fingerprint density at radius 2 is 1.91 bits per heavy atom. The van der Waals surface area contributed by atoms with Gasteiger partial charge >= 0.3 is 6.07 Å². The van der Waals surface area contributed by atoms with Crippen LogP contribution in [0.4, 0.5) is 4.39 Å². The van der Waals surface area contributed by atoms with Crippen LogP contribution in [0.1, 0.15) is 33.4 Å². The molecule has 1 aromatic heterocycles. The Balaban J connectivity index is 1.30. The molecule has 1 unspecified atom stereocenters. The number of nitrogens with zero attached hydrogens (tertiary/aromatic N) is 3. The van der Waals surface area contributed by atoms with E-state index in [9.17, 15) is 0 Å². The number of nitrogens with one attached hydrogen (secondary N) is 1. The average Bonchev–Trinajstić information content (AvgIpc) is 3.51. The molecule has 5 heteroatoms. The van der Waals surface area contributed by atoms with Gasteiger partial charge in [-0.15, -0.1) is 0 Å². The van der Waals surface area contributed by atoms with Crippen LogP contribution in [0.25, 0.3) is 27.4 Å². The fourth-order valence-electron chi connectivity index (χ4n) is 4.49. The fourth-order valence-corrected chi connectivity index (χ4v) is 4.49. The summed E-state index contributed by atoms with van der Waals surface area (Å²) in [5.74, 6) is -0.217. The third-order valence-corrected chi connectivity index (χ3v) is 6.32. The first kappa shape index (κ1) is 22.5. The standard InChI is InChI=1S/C30H26FN4/c1-20-14-25(27-12-13-33-30(27)16-22-6-8-23(9-7-22)18-32-2)17-28(31)26(20)5-3-4-21-10-11-24-19-34-35-29(24)15-21/h3,5-15,17,19,30H,4,16H2,1-2H3,(H,34,35)/q+1/b5-3-. The quantitative estimate of drug-likeness (QED) is 0.343. The van der Waals surface area contributed by atoms with E-state index in [-0.39, 0.29) is 11.9 Å². The van der Waals surface area contributed by atoms with Crippen molar-refractivity contribution in [1.82, 2.24) is 10.2 Å². The maximum absolute atomic E-state index is 15.2. The number of aryl methyl sites for hydroxylation is 1. The molecule has 0 radical (unpaired) electrons. The number of rotatable bonds is 6. The number of aliphatic imine (C=N–C) groups is 1. The zero-order chi connectivity index (χ0) is 24.2. The smallest absolute Gasteiger partial charge is 0.285 e. The molecule has 35 heavy (non-hydrogen) atoms. The molecule has 0 saturated heterocycles. The van der Waals surface area contributed by atoms with Crippen molar-refractivity contribution in [2.24, 2.45) is 4.99 Å². The predicted molar refractivity (Wildman–Crippen MR) is 143 cm³/mol. The number of allylic oxidation sites excluding steroid dienone is 2. The molecule has 5 rings (SSSR count). The van der Waals surface area contributed by atoms with Crippen LogP contribution < -0.4 is 0 Å². The number of H-pyrrole nitrogens is 1. The van der Waals surface area contributed by atoms with Crippen LogP contribution in [0.2, 0.25) is 0 Å². The van der Waals surface area contributed by atoms with Gasteiger partial charge in [0.1, 0.15) is 11.4 Å². The molecule has 1 N–H and O–H groups in total. The molecule has 172 valence electrons. The monoisotopic (exact) mass is 461 g/mol. The topological polar surface area (TPSA) is 45.4 Å². The van der Waals surface area contributed by atoms with Crippen LogP contribution in [-0.4, -0.2) is 29.5 Å². The Kier molecular flexibility index (Phi) is 6.36. The number of benzene rings is 3. The minimum absolute atomic E-state index is 0.0257. The number of halogens is 1. The van der Waals surface area contributed by atoms with Crippen molar-refractivity contribution in [3.05, 3.63) is 117 Å². The van der Waals surface area contributed by atoms with E-state index in [4.69, 9.17) is 0 Å². The third-order valence-electron chi connectivity index (χ3n) is 6.32. The summed E-state index contributed by atoms with van der Waals surface area (Å²) in [4.78, 5) is 8.57. The molecule has 0 bridgehead atoms. The maximum atomic E-state index is 15.2. The van der Waals surface area contributed by atoms with Crippen molar-refractivity contribution >= 4 is 28.8 Å². The van der Waals surface area contributed by atoms with Crippen LogP contribution in [0.15, 0.2) is 77.9 Å². The van der Waals surface area contributed by atoms with Crippen LogP contribution in [0.3, 0.4) is 0 Å². The van der Waals surface area contributed by atoms with E-state index < -0.39 is 0 Å². The van der Waals surface area contributed by atoms with Crippen molar-refractivity contribution in [1.29, 1.82) is 0 Å². The van der Waals surface area contributed by atoms with Gasteiger partial charge in [-0.05, 0) is 77.9 Å². The summed E-state index contributed by atoms with van der Waals surface area (Å²) in [6, 6.07) is 21.0. The van der Waals surface area contributed by atoms with Gasteiger partial charge in [0.05, 0.1) is 17.8 Å². The molecule has 1 atom stereocenters. The molecule has 0 aliphatic carbocycles. The lowest BCUT2D eigenvalue weighted by atomic mass is 9.92. The van der Waals surface area contributed by atoms with E-state index in [0.717, 1.165) is 51.6 Å². The molecular formula is C30H26FN4+. The van der Waals surface area contributed by atoms with Crippen molar-refractivity contribution in [3.8, 4) is 6.07 Å². The highest BCUT2D eigenvalue weighted by Crippen LogP contribution is 2.30. The average molecular weight is 462 g/mol. The van der Waals surface area contributed by atoms with Gasteiger partial charge in [0.15, 0.2) is 0 Å². The van der Waals surface area contributed by atoms with Crippen molar-refractivity contribution in [2.75, 3.05) is 7.05 Å². The van der Waals surface area contributed by atoms with Crippen molar-refractivity contribution in [2.45, 2.75) is 25.8 Å². The zero-order valence-corrected chi connectivity index (χ0v) is 19.8. The van der Waals surface area contributed by atoms with Crippen molar-refractivity contribution < 1.29 is 4.39 Å². The van der Waals surface area contributed by atoms with Gasteiger partial charge in [0.2, 0.25) is 0 Å². The largest absolute Gasteiger partial charge is 0.310 e. The molecule has 3 aromatic carbocycles. The van der Waals surface area contributed by atoms with Gasteiger partial charge < -0.3 is 0 Å². The lowest BCUT2D eigenvalue weighted by molar-refractivity contribution is 0.623. The SMILES string of the molecule is C[N+]#Cc1ccc(CC2N=CC=C2c2cc(C)c(/C=C\Cc3ccc4cn[nH]c4c3)c(F)c2)cc1. The number of fused-ring (bicyclic) bond motifs is 1. The highest BCUT2D eigenvalue weighted by molar-refractivity contribution is 5.91. The minimum Gasteiger partial charge on any atom is -0.285 e. The molecule has 0 saturated carbocycles. The number of hydrogen-bond acceptors (Lipinski definition) is 2. The lowest BCUT2D eigenvalue weighted by Crippen LogP contribution is -2.09. The van der Waals surface area contributed by atoms with E-state index in [1.165, 1.54) is 5.56 Å². The number of aromatic nitrogens is 2. The van der Waals surface area contributed by atoms with E-state index in [1.54, 1.807) is 13.1 Å². The molecule has 1 aliphatic rings. The minimum atomic E-state index is -0.217. The first-order chi connectivity index (χ1) is 17.1. The summed E-state index contributed by atoms with van der Waals surface area (Å²) in [6.07, 6.45) is 11.0. The zero-order valence-electron chi connectivity index (χ0n) is 19.8. The predicted octanol–water partition coefficient (Wildman–Crippen LogP) is 6.66. The van der Waals surface area contributed by atoms with Gasteiger partial charge in [-0.2, -0.15) is 5.10 Å². The number of aromatic amines is 1. The van der Waals surface area contributed by atoms with E-state index >= 15 is 4.39 Å². The maximum Gasteiger partial charge on any atom is 0.310 e. The Labute approximate surface area is 204 Å². The molecule has 0 spiro atoms. The van der Waals surface area contributed by atoms with Crippen LogP contribution >= 0.6 is 0 Å². The number of hydrogen-bond donors (Lipinski definition) is 1.